The molecule has 122 valence electrons. The predicted octanol–water partition coefficient (Wildman–Crippen LogP) is 4.17. The van der Waals surface area contributed by atoms with Gasteiger partial charge in [-0.15, -0.1) is 0 Å². The molecule has 1 N–H and O–H groups in total. The molecule has 4 nitrogen and oxygen atoms in total. The lowest BCUT2D eigenvalue weighted by Crippen LogP contribution is -2.39. The van der Waals surface area contributed by atoms with Gasteiger partial charge in [0.05, 0.1) is 0 Å². The fraction of sp³-hybridized carbons (Fsp3) is 0.474. The highest BCUT2D eigenvalue weighted by Crippen LogP contribution is 2.26. The molecule has 1 aromatic heterocycles. The molecule has 2 aromatic rings. The number of hydrogen-bond acceptors (Lipinski definition) is 4. The van der Waals surface area contributed by atoms with E-state index in [2.05, 4.69) is 64.4 Å². The number of rotatable bonds is 5. The quantitative estimate of drug-likeness (QED) is 0.900. The highest BCUT2D eigenvalue weighted by Gasteiger charge is 2.22. The SMILES string of the molecule is CCC1CCCCN1c1cc(NCc2ccccc2C)ncn1. The van der Waals surface area contributed by atoms with E-state index >= 15 is 0 Å². The number of aryl methyl sites for hydroxylation is 1. The minimum Gasteiger partial charge on any atom is -0.366 e. The van der Waals surface area contributed by atoms with Crippen LogP contribution in [0.4, 0.5) is 11.6 Å². The van der Waals surface area contributed by atoms with E-state index in [1.165, 1.54) is 36.8 Å². The van der Waals surface area contributed by atoms with Crippen LogP contribution in [0.15, 0.2) is 36.7 Å². The fourth-order valence-electron chi connectivity index (χ4n) is 3.32. The Hall–Kier alpha value is -2.10. The maximum absolute atomic E-state index is 4.51. The van der Waals surface area contributed by atoms with Gasteiger partial charge in [-0.25, -0.2) is 9.97 Å². The van der Waals surface area contributed by atoms with Crippen LogP contribution in [0.25, 0.3) is 0 Å². The smallest absolute Gasteiger partial charge is 0.134 e. The molecular weight excluding hydrogens is 284 g/mol. The molecule has 2 heterocycles. The van der Waals surface area contributed by atoms with Crippen LogP contribution in [0.3, 0.4) is 0 Å². The Balaban J connectivity index is 1.71. The second kappa shape index (κ2) is 7.44. The standard InChI is InChI=1S/C19H26N4/c1-3-17-10-6-7-11-23(17)19-12-18(21-14-22-19)20-13-16-9-5-4-8-15(16)2/h4-5,8-9,12,14,17H,3,6-7,10-11,13H2,1-2H3,(H,20,21,22). The van der Waals surface area contributed by atoms with Crippen molar-refractivity contribution >= 4 is 11.6 Å². The first-order valence-electron chi connectivity index (χ1n) is 8.65. The van der Waals surface area contributed by atoms with Gasteiger partial charge in [0.25, 0.3) is 0 Å². The molecule has 0 radical (unpaired) electrons. The first-order valence-corrected chi connectivity index (χ1v) is 8.65. The third kappa shape index (κ3) is 3.81. The summed E-state index contributed by atoms with van der Waals surface area (Å²) in [5, 5.41) is 3.44. The van der Waals surface area contributed by atoms with Crippen LogP contribution < -0.4 is 10.2 Å². The van der Waals surface area contributed by atoms with Crippen LogP contribution in [0.2, 0.25) is 0 Å². The summed E-state index contributed by atoms with van der Waals surface area (Å²) in [6.07, 6.45) is 6.71. The van der Waals surface area contributed by atoms with Gasteiger partial charge in [-0.3, -0.25) is 0 Å². The van der Waals surface area contributed by atoms with Crippen molar-refractivity contribution in [3.63, 3.8) is 0 Å². The van der Waals surface area contributed by atoms with E-state index in [9.17, 15) is 0 Å². The molecule has 1 aliphatic heterocycles. The Morgan fingerprint density at radius 3 is 2.91 bits per heavy atom. The molecule has 1 fully saturated rings. The third-order valence-corrected chi connectivity index (χ3v) is 4.77. The van der Waals surface area contributed by atoms with Gasteiger partial charge in [0.2, 0.25) is 0 Å². The van der Waals surface area contributed by atoms with Crippen molar-refractivity contribution in [3.05, 3.63) is 47.8 Å². The maximum atomic E-state index is 4.51. The Morgan fingerprint density at radius 2 is 2.09 bits per heavy atom. The van der Waals surface area contributed by atoms with Crippen LogP contribution in [0.5, 0.6) is 0 Å². The molecule has 0 amide bonds. The van der Waals surface area contributed by atoms with Crippen molar-refractivity contribution in [2.45, 2.75) is 52.1 Å². The van der Waals surface area contributed by atoms with E-state index in [4.69, 9.17) is 0 Å². The number of aromatic nitrogens is 2. The molecule has 1 atom stereocenters. The van der Waals surface area contributed by atoms with Crippen molar-refractivity contribution in [2.75, 3.05) is 16.8 Å². The third-order valence-electron chi connectivity index (χ3n) is 4.77. The largest absolute Gasteiger partial charge is 0.366 e. The van der Waals surface area contributed by atoms with Gasteiger partial charge < -0.3 is 10.2 Å². The highest BCUT2D eigenvalue weighted by atomic mass is 15.2. The van der Waals surface area contributed by atoms with Crippen LogP contribution in [-0.4, -0.2) is 22.6 Å². The Kier molecular flexibility index (Phi) is 5.11. The average Bonchev–Trinajstić information content (AvgIpc) is 2.61. The second-order valence-electron chi connectivity index (χ2n) is 6.29. The molecule has 0 bridgehead atoms. The minimum absolute atomic E-state index is 0.614. The summed E-state index contributed by atoms with van der Waals surface area (Å²) < 4.78 is 0. The molecule has 23 heavy (non-hydrogen) atoms. The number of benzene rings is 1. The van der Waals surface area contributed by atoms with E-state index in [0.29, 0.717) is 6.04 Å². The lowest BCUT2D eigenvalue weighted by atomic mass is 10.0. The van der Waals surface area contributed by atoms with Crippen molar-refractivity contribution in [2.24, 2.45) is 0 Å². The molecule has 1 aromatic carbocycles. The topological polar surface area (TPSA) is 41.0 Å². The maximum Gasteiger partial charge on any atom is 0.134 e. The Morgan fingerprint density at radius 1 is 1.22 bits per heavy atom. The Bertz CT molecular complexity index is 641. The summed E-state index contributed by atoms with van der Waals surface area (Å²) in [5.41, 5.74) is 2.61. The molecule has 3 rings (SSSR count). The molecule has 1 saturated heterocycles. The van der Waals surface area contributed by atoms with Crippen LogP contribution in [-0.2, 0) is 6.54 Å². The van der Waals surface area contributed by atoms with Crippen LogP contribution in [0.1, 0.15) is 43.7 Å². The first kappa shape index (κ1) is 15.8. The zero-order valence-electron chi connectivity index (χ0n) is 14.1. The van der Waals surface area contributed by atoms with Gasteiger partial charge in [-0.05, 0) is 43.7 Å². The number of hydrogen-bond donors (Lipinski definition) is 1. The van der Waals surface area contributed by atoms with E-state index in [1.54, 1.807) is 6.33 Å². The number of piperidine rings is 1. The number of nitrogens with zero attached hydrogens (tertiary/aromatic N) is 3. The molecular formula is C19H26N4. The fourth-order valence-corrected chi connectivity index (χ4v) is 3.32. The van der Waals surface area contributed by atoms with Gasteiger partial charge >= 0.3 is 0 Å². The molecule has 0 saturated carbocycles. The predicted molar refractivity (Wildman–Crippen MR) is 95.8 cm³/mol. The van der Waals surface area contributed by atoms with Gasteiger partial charge in [-0.1, -0.05) is 31.2 Å². The molecule has 0 aliphatic carbocycles. The molecule has 4 heteroatoms. The van der Waals surface area contributed by atoms with Crippen LogP contribution >= 0.6 is 0 Å². The molecule has 0 spiro atoms. The van der Waals surface area contributed by atoms with E-state index in [-0.39, 0.29) is 0 Å². The second-order valence-corrected chi connectivity index (χ2v) is 6.29. The summed E-state index contributed by atoms with van der Waals surface area (Å²) in [7, 11) is 0. The summed E-state index contributed by atoms with van der Waals surface area (Å²) in [4.78, 5) is 11.3. The molecule has 1 aliphatic rings. The van der Waals surface area contributed by atoms with Crippen molar-refractivity contribution in [1.82, 2.24) is 9.97 Å². The van der Waals surface area contributed by atoms with Gasteiger partial charge in [0, 0.05) is 25.2 Å². The van der Waals surface area contributed by atoms with Crippen molar-refractivity contribution in [1.29, 1.82) is 0 Å². The normalized spacial score (nSPS) is 18.0. The van der Waals surface area contributed by atoms with Gasteiger partial charge in [-0.2, -0.15) is 0 Å². The molecule has 1 unspecified atom stereocenters. The van der Waals surface area contributed by atoms with Gasteiger partial charge in [0.1, 0.15) is 18.0 Å². The highest BCUT2D eigenvalue weighted by molar-refractivity contribution is 5.50. The first-order chi connectivity index (χ1) is 11.3. The summed E-state index contributed by atoms with van der Waals surface area (Å²) in [6.45, 7) is 6.30. The average molecular weight is 310 g/mol. The monoisotopic (exact) mass is 310 g/mol. The van der Waals surface area contributed by atoms with Crippen molar-refractivity contribution in [3.8, 4) is 0 Å². The van der Waals surface area contributed by atoms with E-state index in [0.717, 1.165) is 24.7 Å². The number of nitrogens with one attached hydrogen (secondary N) is 1. The summed E-state index contributed by atoms with van der Waals surface area (Å²) >= 11 is 0. The lowest BCUT2D eigenvalue weighted by molar-refractivity contribution is 0.446. The van der Waals surface area contributed by atoms with Crippen molar-refractivity contribution < 1.29 is 0 Å². The van der Waals surface area contributed by atoms with Crippen LogP contribution in [0, 0.1) is 6.92 Å². The number of anilines is 2. The van der Waals surface area contributed by atoms with E-state index < -0.39 is 0 Å². The van der Waals surface area contributed by atoms with Gasteiger partial charge in [0.15, 0.2) is 0 Å². The zero-order valence-corrected chi connectivity index (χ0v) is 14.1. The summed E-state index contributed by atoms with van der Waals surface area (Å²) in [5.74, 6) is 1.96. The zero-order chi connectivity index (χ0) is 16.1. The Labute approximate surface area is 139 Å². The van der Waals surface area contributed by atoms with E-state index in [1.807, 2.05) is 0 Å². The lowest BCUT2D eigenvalue weighted by Gasteiger charge is -2.36. The summed E-state index contributed by atoms with van der Waals surface area (Å²) in [6, 6.07) is 11.1. The minimum atomic E-state index is 0.614.